The number of nitrogens with one attached hydrogen (secondary N) is 1. The van der Waals surface area contributed by atoms with Crippen LogP contribution < -0.4 is 10.9 Å². The van der Waals surface area contributed by atoms with E-state index in [4.69, 9.17) is 0 Å². The minimum absolute atomic E-state index is 0.0683. The largest absolute Gasteiger partial charge is 0.381 e. The summed E-state index contributed by atoms with van der Waals surface area (Å²) in [6.45, 7) is 5.89. The van der Waals surface area contributed by atoms with Crippen molar-refractivity contribution in [2.24, 2.45) is 0 Å². The van der Waals surface area contributed by atoms with Crippen LogP contribution in [0.3, 0.4) is 0 Å². The van der Waals surface area contributed by atoms with E-state index < -0.39 is 0 Å². The molecule has 1 aromatic heterocycles. The number of likely N-dealkylation sites (N-methyl/N-ethyl adjacent to an activating group) is 1. The maximum Gasteiger partial charge on any atom is 0.283 e. The molecule has 1 atom stereocenters. The summed E-state index contributed by atoms with van der Waals surface area (Å²) in [5.41, 5.74) is 0.696. The Balaban J connectivity index is 2.09. The van der Waals surface area contributed by atoms with Crippen molar-refractivity contribution in [2.75, 3.05) is 25.5 Å². The van der Waals surface area contributed by atoms with Crippen LogP contribution >= 0.6 is 15.9 Å². The van der Waals surface area contributed by atoms with Crippen LogP contribution in [-0.4, -0.2) is 40.9 Å². The number of rotatable bonds is 4. The summed E-state index contributed by atoms with van der Waals surface area (Å²) < 4.78 is 2.05. The van der Waals surface area contributed by atoms with Gasteiger partial charge in [0.1, 0.15) is 4.47 Å². The van der Waals surface area contributed by atoms with Gasteiger partial charge in [-0.15, -0.1) is 0 Å². The Hall–Kier alpha value is -0.880. The fourth-order valence-electron chi connectivity index (χ4n) is 2.40. The van der Waals surface area contributed by atoms with Gasteiger partial charge in [0.15, 0.2) is 0 Å². The van der Waals surface area contributed by atoms with E-state index in [-0.39, 0.29) is 11.6 Å². The summed E-state index contributed by atoms with van der Waals surface area (Å²) in [4.78, 5) is 14.4. The van der Waals surface area contributed by atoms with E-state index in [2.05, 4.69) is 38.3 Å². The molecule has 1 aromatic rings. The molecule has 1 N–H and O–H groups in total. The molecule has 0 spiro atoms. The molecule has 2 rings (SSSR count). The van der Waals surface area contributed by atoms with E-state index in [1.165, 1.54) is 17.5 Å². The minimum Gasteiger partial charge on any atom is -0.381 e. The molecule has 1 aliphatic heterocycles. The lowest BCUT2D eigenvalue weighted by atomic mass is 10.2. The number of aromatic nitrogens is 2. The molecule has 106 valence electrons. The van der Waals surface area contributed by atoms with Crippen molar-refractivity contribution in [3.8, 4) is 0 Å². The summed E-state index contributed by atoms with van der Waals surface area (Å²) in [5.74, 6) is 0. The average Bonchev–Trinajstić information content (AvgIpc) is 2.76. The highest BCUT2D eigenvalue weighted by Gasteiger charge is 2.21. The fraction of sp³-hybridized carbons (Fsp3) is 0.692. The number of nitrogens with zero attached hydrogens (tertiary/aromatic N) is 3. The Morgan fingerprint density at radius 3 is 2.89 bits per heavy atom. The van der Waals surface area contributed by atoms with Crippen LogP contribution in [0.25, 0.3) is 0 Å². The molecule has 0 saturated carbocycles. The molecular weight excluding hydrogens is 308 g/mol. The molecule has 6 heteroatoms. The van der Waals surface area contributed by atoms with Gasteiger partial charge in [0, 0.05) is 12.6 Å². The van der Waals surface area contributed by atoms with Crippen molar-refractivity contribution < 1.29 is 0 Å². The van der Waals surface area contributed by atoms with Crippen molar-refractivity contribution in [1.29, 1.82) is 0 Å². The molecule has 2 heterocycles. The van der Waals surface area contributed by atoms with Crippen LogP contribution in [0, 0.1) is 0 Å². The molecule has 1 unspecified atom stereocenters. The second-order valence-corrected chi connectivity index (χ2v) is 6.17. The Kier molecular flexibility index (Phi) is 4.62. The van der Waals surface area contributed by atoms with E-state index in [9.17, 15) is 4.79 Å². The van der Waals surface area contributed by atoms with Crippen molar-refractivity contribution in [3.05, 3.63) is 21.0 Å². The lowest BCUT2D eigenvalue weighted by Crippen LogP contribution is -2.32. The number of hydrogen-bond acceptors (Lipinski definition) is 4. The normalized spacial score (nSPS) is 20.2. The molecule has 1 fully saturated rings. The van der Waals surface area contributed by atoms with Gasteiger partial charge in [-0.05, 0) is 56.2 Å². The molecule has 0 bridgehead atoms. The number of anilines is 1. The lowest BCUT2D eigenvalue weighted by molar-refractivity contribution is 0.322. The van der Waals surface area contributed by atoms with Crippen LogP contribution in [0.15, 0.2) is 15.5 Å². The Morgan fingerprint density at radius 1 is 1.58 bits per heavy atom. The first kappa shape index (κ1) is 14.5. The molecule has 1 saturated heterocycles. The summed E-state index contributed by atoms with van der Waals surface area (Å²) in [6.07, 6.45) is 4.18. The van der Waals surface area contributed by atoms with Gasteiger partial charge in [0.05, 0.1) is 17.9 Å². The van der Waals surface area contributed by atoms with Crippen LogP contribution in [0.2, 0.25) is 0 Å². The zero-order valence-corrected chi connectivity index (χ0v) is 13.3. The van der Waals surface area contributed by atoms with Crippen LogP contribution in [0.5, 0.6) is 0 Å². The molecule has 0 aliphatic carbocycles. The highest BCUT2D eigenvalue weighted by Crippen LogP contribution is 2.20. The molecule has 0 aromatic carbocycles. The number of hydrogen-bond donors (Lipinski definition) is 1. The van der Waals surface area contributed by atoms with Gasteiger partial charge in [0.25, 0.3) is 5.56 Å². The van der Waals surface area contributed by atoms with Crippen molar-refractivity contribution in [1.82, 2.24) is 14.7 Å². The Morgan fingerprint density at radius 2 is 2.32 bits per heavy atom. The third-order valence-corrected chi connectivity index (χ3v) is 4.40. The van der Waals surface area contributed by atoms with Gasteiger partial charge >= 0.3 is 0 Å². The molecular formula is C13H21BrN4O. The van der Waals surface area contributed by atoms with Crippen molar-refractivity contribution in [2.45, 2.75) is 38.8 Å². The SMILES string of the molecule is CC(C)n1ncc(NCC2CCCN2C)c(Br)c1=O. The first-order valence-electron chi connectivity index (χ1n) is 6.72. The monoisotopic (exact) mass is 328 g/mol. The highest BCUT2D eigenvalue weighted by molar-refractivity contribution is 9.10. The molecule has 0 radical (unpaired) electrons. The van der Waals surface area contributed by atoms with Gasteiger partial charge in [-0.1, -0.05) is 0 Å². The lowest BCUT2D eigenvalue weighted by Gasteiger charge is -2.20. The number of halogens is 1. The maximum atomic E-state index is 12.1. The molecule has 19 heavy (non-hydrogen) atoms. The standard InChI is InChI=1S/C13H21BrN4O/c1-9(2)18-13(19)12(14)11(8-16-18)15-7-10-5-4-6-17(10)3/h8-10,15H,4-7H2,1-3H3. The zero-order valence-electron chi connectivity index (χ0n) is 11.7. The van der Waals surface area contributed by atoms with Crippen LogP contribution in [0.1, 0.15) is 32.7 Å². The van der Waals surface area contributed by atoms with E-state index in [0.29, 0.717) is 10.5 Å². The van der Waals surface area contributed by atoms with E-state index in [1.807, 2.05) is 13.8 Å². The molecule has 5 nitrogen and oxygen atoms in total. The van der Waals surface area contributed by atoms with Crippen molar-refractivity contribution >= 4 is 21.6 Å². The number of likely N-dealkylation sites (tertiary alicyclic amines) is 1. The fourth-order valence-corrected chi connectivity index (χ4v) is 2.83. The maximum absolute atomic E-state index is 12.1. The highest BCUT2D eigenvalue weighted by atomic mass is 79.9. The first-order chi connectivity index (χ1) is 9.00. The second kappa shape index (κ2) is 6.05. The Labute approximate surface area is 122 Å². The minimum atomic E-state index is -0.0835. The predicted molar refractivity (Wildman–Crippen MR) is 80.7 cm³/mol. The topological polar surface area (TPSA) is 50.2 Å². The summed E-state index contributed by atoms with van der Waals surface area (Å²) in [5, 5.41) is 7.53. The van der Waals surface area contributed by atoms with E-state index >= 15 is 0 Å². The zero-order chi connectivity index (χ0) is 14.0. The van der Waals surface area contributed by atoms with Gasteiger partial charge in [-0.2, -0.15) is 5.10 Å². The summed E-state index contributed by atoms with van der Waals surface area (Å²) in [7, 11) is 2.14. The second-order valence-electron chi connectivity index (χ2n) is 5.37. The van der Waals surface area contributed by atoms with Gasteiger partial charge in [0.2, 0.25) is 0 Å². The molecule has 1 aliphatic rings. The summed E-state index contributed by atoms with van der Waals surface area (Å²) in [6, 6.07) is 0.609. The quantitative estimate of drug-likeness (QED) is 0.919. The third kappa shape index (κ3) is 3.17. The first-order valence-corrected chi connectivity index (χ1v) is 7.51. The van der Waals surface area contributed by atoms with E-state index in [0.717, 1.165) is 18.8 Å². The summed E-state index contributed by atoms with van der Waals surface area (Å²) >= 11 is 3.37. The average molecular weight is 329 g/mol. The molecule has 0 amide bonds. The van der Waals surface area contributed by atoms with E-state index in [1.54, 1.807) is 6.20 Å². The van der Waals surface area contributed by atoms with Gasteiger partial charge in [-0.3, -0.25) is 4.79 Å². The predicted octanol–water partition coefficient (Wildman–Crippen LogP) is 2.09. The van der Waals surface area contributed by atoms with Crippen LogP contribution in [0.4, 0.5) is 5.69 Å². The van der Waals surface area contributed by atoms with Gasteiger partial charge in [-0.25, -0.2) is 4.68 Å². The Bertz CT molecular complexity index is 500. The third-order valence-electron chi connectivity index (χ3n) is 3.63. The smallest absolute Gasteiger partial charge is 0.283 e. The van der Waals surface area contributed by atoms with Crippen LogP contribution in [-0.2, 0) is 0 Å². The van der Waals surface area contributed by atoms with Gasteiger partial charge < -0.3 is 10.2 Å². The van der Waals surface area contributed by atoms with Crippen molar-refractivity contribution in [3.63, 3.8) is 0 Å².